The van der Waals surface area contributed by atoms with Crippen molar-refractivity contribution < 1.29 is 19.0 Å². The normalized spacial score (nSPS) is 14.5. The highest BCUT2D eigenvalue weighted by molar-refractivity contribution is 6.33. The van der Waals surface area contributed by atoms with Crippen LogP contribution in [0.3, 0.4) is 0 Å². The van der Waals surface area contributed by atoms with E-state index in [4.69, 9.17) is 21.1 Å². The predicted octanol–water partition coefficient (Wildman–Crippen LogP) is 1.69. The van der Waals surface area contributed by atoms with Crippen LogP contribution in [0.2, 0.25) is 5.02 Å². The molecule has 17 heavy (non-hydrogen) atoms. The number of hydrogen-bond donors (Lipinski definition) is 0. The number of pyridine rings is 1. The van der Waals surface area contributed by atoms with Crippen LogP contribution in [0.25, 0.3) is 0 Å². The first-order chi connectivity index (χ1) is 8.11. The minimum Gasteiger partial charge on any atom is -0.616 e. The van der Waals surface area contributed by atoms with Crippen molar-refractivity contribution in [2.75, 3.05) is 6.61 Å². The summed E-state index contributed by atoms with van der Waals surface area (Å²) in [6.45, 7) is 1.91. The predicted molar refractivity (Wildman–Crippen MR) is 60.0 cm³/mol. The zero-order valence-corrected chi connectivity index (χ0v) is 10.1. The van der Waals surface area contributed by atoms with Crippen LogP contribution in [0, 0.1) is 5.21 Å². The molecule has 0 amide bonds. The molecular weight excluding hydrogens is 246 g/mol. The summed E-state index contributed by atoms with van der Waals surface area (Å²) in [5.41, 5.74) is 0.0478. The van der Waals surface area contributed by atoms with E-state index in [0.29, 0.717) is 4.73 Å². The van der Waals surface area contributed by atoms with E-state index in [0.717, 1.165) is 19.0 Å². The van der Waals surface area contributed by atoms with E-state index in [1.807, 2.05) is 0 Å². The van der Waals surface area contributed by atoms with E-state index in [1.165, 1.54) is 6.07 Å². The molecule has 1 aliphatic carbocycles. The molecule has 0 spiro atoms. The number of rotatable bonds is 4. The molecular formula is C11H12ClNO4. The third kappa shape index (κ3) is 2.79. The monoisotopic (exact) mass is 257 g/mol. The summed E-state index contributed by atoms with van der Waals surface area (Å²) in [6.07, 6.45) is 3.06. The summed E-state index contributed by atoms with van der Waals surface area (Å²) >= 11 is 5.90. The van der Waals surface area contributed by atoms with Crippen molar-refractivity contribution in [3.05, 3.63) is 28.1 Å². The number of esters is 1. The van der Waals surface area contributed by atoms with Crippen molar-refractivity contribution >= 4 is 17.6 Å². The Labute approximate surface area is 103 Å². The van der Waals surface area contributed by atoms with Crippen molar-refractivity contribution in [1.29, 1.82) is 0 Å². The Balaban J connectivity index is 2.23. The molecule has 92 valence electrons. The zero-order chi connectivity index (χ0) is 12.4. The molecule has 1 aliphatic rings. The largest absolute Gasteiger partial charge is 0.616 e. The number of aromatic nitrogens is 1. The topological polar surface area (TPSA) is 62.5 Å². The van der Waals surface area contributed by atoms with Crippen molar-refractivity contribution in [2.24, 2.45) is 0 Å². The maximum Gasteiger partial charge on any atom is 0.381 e. The summed E-state index contributed by atoms with van der Waals surface area (Å²) in [7, 11) is 0. The molecule has 1 fully saturated rings. The molecule has 0 aliphatic heterocycles. The first-order valence-electron chi connectivity index (χ1n) is 5.38. The van der Waals surface area contributed by atoms with Crippen LogP contribution in [0.1, 0.15) is 30.1 Å². The third-order valence-electron chi connectivity index (χ3n) is 2.28. The molecule has 0 saturated heterocycles. The van der Waals surface area contributed by atoms with E-state index in [-0.39, 0.29) is 29.2 Å². The minimum atomic E-state index is -0.611. The smallest absolute Gasteiger partial charge is 0.381 e. The van der Waals surface area contributed by atoms with Gasteiger partial charge >= 0.3 is 11.8 Å². The van der Waals surface area contributed by atoms with Gasteiger partial charge in [-0.1, -0.05) is 11.6 Å². The Kier molecular flexibility index (Phi) is 3.38. The number of ether oxygens (including phenoxy) is 2. The second kappa shape index (κ2) is 4.79. The van der Waals surface area contributed by atoms with Gasteiger partial charge in [-0.25, -0.2) is 4.79 Å². The fourth-order valence-corrected chi connectivity index (χ4v) is 1.51. The van der Waals surface area contributed by atoms with Gasteiger partial charge < -0.3 is 14.7 Å². The van der Waals surface area contributed by atoms with Crippen LogP contribution in [-0.4, -0.2) is 18.7 Å². The molecule has 1 heterocycles. The first kappa shape index (κ1) is 12.0. The molecule has 1 aromatic rings. The number of nitrogens with zero attached hydrogens (tertiary/aromatic N) is 1. The second-order valence-electron chi connectivity index (χ2n) is 3.74. The molecule has 0 unspecified atom stereocenters. The van der Waals surface area contributed by atoms with E-state index < -0.39 is 5.97 Å². The quantitative estimate of drug-likeness (QED) is 0.468. The molecule has 5 nitrogen and oxygen atoms in total. The van der Waals surface area contributed by atoms with Crippen LogP contribution >= 0.6 is 11.6 Å². The zero-order valence-electron chi connectivity index (χ0n) is 9.31. The van der Waals surface area contributed by atoms with Crippen molar-refractivity contribution in [2.45, 2.75) is 25.9 Å². The van der Waals surface area contributed by atoms with Crippen LogP contribution in [0.4, 0.5) is 0 Å². The summed E-state index contributed by atoms with van der Waals surface area (Å²) in [6, 6.07) is 1.35. The van der Waals surface area contributed by atoms with Crippen molar-refractivity contribution in [3.8, 4) is 5.88 Å². The van der Waals surface area contributed by atoms with Gasteiger partial charge in [0.2, 0.25) is 0 Å². The average molecular weight is 258 g/mol. The SMILES string of the molecule is CCOC(=O)c1c[n+]([O-])c(OC2CC2)cc1Cl. The second-order valence-corrected chi connectivity index (χ2v) is 4.14. The van der Waals surface area contributed by atoms with Gasteiger partial charge in [-0.05, 0) is 19.8 Å². The lowest BCUT2D eigenvalue weighted by Crippen LogP contribution is -2.31. The maximum atomic E-state index is 11.6. The third-order valence-corrected chi connectivity index (χ3v) is 2.59. The van der Waals surface area contributed by atoms with E-state index >= 15 is 0 Å². The highest BCUT2D eigenvalue weighted by atomic mass is 35.5. The van der Waals surface area contributed by atoms with Crippen LogP contribution < -0.4 is 9.47 Å². The first-order valence-corrected chi connectivity index (χ1v) is 5.76. The highest BCUT2D eigenvalue weighted by Gasteiger charge is 2.28. The average Bonchev–Trinajstić information content (AvgIpc) is 3.07. The Morgan fingerprint density at radius 2 is 2.35 bits per heavy atom. The number of hydrogen-bond acceptors (Lipinski definition) is 4. The fourth-order valence-electron chi connectivity index (χ4n) is 1.29. The molecule has 0 aromatic carbocycles. The van der Waals surface area contributed by atoms with Crippen LogP contribution in [0.15, 0.2) is 12.3 Å². The molecule has 2 rings (SSSR count). The Bertz CT molecular complexity index is 445. The van der Waals surface area contributed by atoms with Gasteiger partial charge in [-0.3, -0.25) is 0 Å². The standard InChI is InChI=1S/C11H12ClNO4/c1-2-16-11(14)8-6-13(15)10(5-9(8)12)17-7-3-4-7/h5-7H,2-4H2,1H3. The minimum absolute atomic E-state index is 0.0478. The number of halogens is 1. The molecule has 0 radical (unpaired) electrons. The number of carbonyl (C=O) groups is 1. The van der Waals surface area contributed by atoms with Gasteiger partial charge in [0.15, 0.2) is 6.20 Å². The van der Waals surface area contributed by atoms with Crippen LogP contribution in [0.5, 0.6) is 5.88 Å². The van der Waals surface area contributed by atoms with E-state index in [1.54, 1.807) is 6.92 Å². The molecule has 0 atom stereocenters. The summed E-state index contributed by atoms with van der Waals surface area (Å²) in [5.74, 6) is -0.495. The van der Waals surface area contributed by atoms with Gasteiger partial charge in [-0.15, -0.1) is 4.73 Å². The van der Waals surface area contributed by atoms with Crippen molar-refractivity contribution in [3.63, 3.8) is 0 Å². The molecule has 6 heteroatoms. The molecule has 0 bridgehead atoms. The lowest BCUT2D eigenvalue weighted by molar-refractivity contribution is -0.613. The molecule has 1 saturated carbocycles. The number of carbonyl (C=O) groups excluding carboxylic acids is 1. The summed E-state index contributed by atoms with van der Waals surface area (Å²) in [4.78, 5) is 11.5. The molecule has 1 aromatic heterocycles. The van der Waals surface area contributed by atoms with E-state index in [2.05, 4.69) is 0 Å². The van der Waals surface area contributed by atoms with Crippen molar-refractivity contribution in [1.82, 2.24) is 0 Å². The fraction of sp³-hybridized carbons (Fsp3) is 0.455. The van der Waals surface area contributed by atoms with Gasteiger partial charge in [0.25, 0.3) is 0 Å². The lowest BCUT2D eigenvalue weighted by Gasteiger charge is -2.08. The Morgan fingerprint density at radius 1 is 1.65 bits per heavy atom. The Morgan fingerprint density at radius 3 is 2.94 bits per heavy atom. The Hall–Kier alpha value is -1.49. The lowest BCUT2D eigenvalue weighted by atomic mass is 10.3. The van der Waals surface area contributed by atoms with Crippen LogP contribution in [-0.2, 0) is 4.74 Å². The van der Waals surface area contributed by atoms with E-state index in [9.17, 15) is 10.0 Å². The van der Waals surface area contributed by atoms with Gasteiger partial charge in [0.05, 0.1) is 17.7 Å². The van der Waals surface area contributed by atoms with Gasteiger partial charge in [-0.2, -0.15) is 0 Å². The summed E-state index contributed by atoms with van der Waals surface area (Å²) in [5, 5.41) is 11.7. The maximum absolute atomic E-state index is 11.6. The molecule has 0 N–H and O–H groups in total. The highest BCUT2D eigenvalue weighted by Crippen LogP contribution is 2.27. The summed E-state index contributed by atoms with van der Waals surface area (Å²) < 4.78 is 10.6. The van der Waals surface area contributed by atoms with Gasteiger partial charge in [0.1, 0.15) is 11.7 Å². The van der Waals surface area contributed by atoms with Gasteiger partial charge in [0, 0.05) is 0 Å².